The Morgan fingerprint density at radius 2 is 2.19 bits per heavy atom. The fourth-order valence-electron chi connectivity index (χ4n) is 2.69. The number of alkyl halides is 3. The summed E-state index contributed by atoms with van der Waals surface area (Å²) < 4.78 is 38.5. The zero-order valence-corrected chi connectivity index (χ0v) is 11.8. The van der Waals surface area contributed by atoms with Crippen LogP contribution >= 0.6 is 11.8 Å². The Labute approximate surface area is 124 Å². The normalized spacial score (nSPS) is 21.5. The van der Waals surface area contributed by atoms with Crippen molar-refractivity contribution in [2.24, 2.45) is 11.7 Å². The van der Waals surface area contributed by atoms with Crippen molar-refractivity contribution in [3.63, 3.8) is 0 Å². The van der Waals surface area contributed by atoms with Crippen LogP contribution in [0.25, 0.3) is 5.70 Å². The first kappa shape index (κ1) is 14.3. The Bertz CT molecular complexity index is 673. The average Bonchev–Trinajstić information content (AvgIpc) is 2.44. The van der Waals surface area contributed by atoms with Gasteiger partial charge >= 0.3 is 6.18 Å². The molecule has 3 nitrogen and oxygen atoms in total. The minimum absolute atomic E-state index is 0.0681. The molecule has 0 bridgehead atoms. The molecule has 110 valence electrons. The van der Waals surface area contributed by atoms with E-state index in [1.54, 1.807) is 0 Å². The topological polar surface area (TPSA) is 62.7 Å². The van der Waals surface area contributed by atoms with Crippen LogP contribution in [0.3, 0.4) is 0 Å². The van der Waals surface area contributed by atoms with Gasteiger partial charge in [0.15, 0.2) is 0 Å². The molecule has 1 atom stereocenters. The van der Waals surface area contributed by atoms with Crippen molar-refractivity contribution in [3.8, 4) is 6.07 Å². The van der Waals surface area contributed by atoms with E-state index in [-0.39, 0.29) is 12.8 Å². The van der Waals surface area contributed by atoms with E-state index in [9.17, 15) is 13.2 Å². The van der Waals surface area contributed by atoms with Crippen LogP contribution < -0.4 is 5.73 Å². The van der Waals surface area contributed by atoms with Gasteiger partial charge in [-0.25, -0.2) is 4.98 Å². The van der Waals surface area contributed by atoms with Crippen LogP contribution in [0.5, 0.6) is 0 Å². The van der Waals surface area contributed by atoms with E-state index in [0.29, 0.717) is 39.7 Å². The molecule has 2 N–H and O–H groups in total. The molecular formula is C14H12F3N3S. The summed E-state index contributed by atoms with van der Waals surface area (Å²) >= 11 is 1.35. The van der Waals surface area contributed by atoms with Crippen LogP contribution in [0.2, 0.25) is 0 Å². The number of pyridine rings is 1. The number of rotatable bonds is 0. The zero-order valence-electron chi connectivity index (χ0n) is 11.0. The summed E-state index contributed by atoms with van der Waals surface area (Å²) in [6.45, 7) is 0. The third kappa shape index (κ3) is 2.48. The molecule has 3 rings (SSSR count). The summed E-state index contributed by atoms with van der Waals surface area (Å²) in [6, 6.07) is 3.87. The van der Waals surface area contributed by atoms with E-state index in [2.05, 4.69) is 11.1 Å². The van der Waals surface area contributed by atoms with E-state index >= 15 is 0 Å². The third-order valence-corrected chi connectivity index (χ3v) is 4.94. The number of aryl methyl sites for hydroxylation is 1. The molecule has 21 heavy (non-hydrogen) atoms. The number of nitrogens with two attached hydrogens (primary N) is 1. The SMILES string of the molecule is N#CC1=C(N)c2cc3c(nc2SC1)CC(C(F)(F)F)CC3. The minimum atomic E-state index is -4.17. The summed E-state index contributed by atoms with van der Waals surface area (Å²) in [5.41, 5.74) is 8.88. The Kier molecular flexibility index (Phi) is 3.36. The van der Waals surface area contributed by atoms with Crippen molar-refractivity contribution < 1.29 is 13.2 Å². The summed E-state index contributed by atoms with van der Waals surface area (Å²) in [5, 5.41) is 9.64. The predicted molar refractivity (Wildman–Crippen MR) is 73.3 cm³/mol. The minimum Gasteiger partial charge on any atom is -0.397 e. The van der Waals surface area contributed by atoms with Crippen LogP contribution in [-0.4, -0.2) is 16.9 Å². The summed E-state index contributed by atoms with van der Waals surface area (Å²) in [5.74, 6) is -0.893. The summed E-state index contributed by atoms with van der Waals surface area (Å²) in [7, 11) is 0. The van der Waals surface area contributed by atoms with Gasteiger partial charge in [-0.2, -0.15) is 18.4 Å². The van der Waals surface area contributed by atoms with Gasteiger partial charge in [-0.15, -0.1) is 11.8 Å². The molecule has 1 aliphatic heterocycles. The number of halogens is 3. The number of fused-ring (bicyclic) bond motifs is 2. The highest BCUT2D eigenvalue weighted by atomic mass is 32.2. The largest absolute Gasteiger partial charge is 0.397 e. The quantitative estimate of drug-likeness (QED) is 0.800. The molecular weight excluding hydrogens is 299 g/mol. The lowest BCUT2D eigenvalue weighted by Crippen LogP contribution is -2.30. The molecule has 0 radical (unpaired) electrons. The maximum Gasteiger partial charge on any atom is 0.392 e. The molecule has 1 aromatic rings. The second-order valence-corrected chi connectivity index (χ2v) is 6.18. The van der Waals surface area contributed by atoms with Crippen molar-refractivity contribution in [2.75, 3.05) is 5.75 Å². The number of hydrogen-bond donors (Lipinski definition) is 1. The van der Waals surface area contributed by atoms with E-state index in [1.165, 1.54) is 11.8 Å². The van der Waals surface area contributed by atoms with Gasteiger partial charge in [0, 0.05) is 23.4 Å². The molecule has 0 aromatic carbocycles. The fraction of sp³-hybridized carbons (Fsp3) is 0.429. The van der Waals surface area contributed by atoms with E-state index in [4.69, 9.17) is 11.0 Å². The van der Waals surface area contributed by atoms with Gasteiger partial charge in [-0.1, -0.05) is 0 Å². The van der Waals surface area contributed by atoms with E-state index in [1.807, 2.05) is 6.07 Å². The highest BCUT2D eigenvalue weighted by molar-refractivity contribution is 7.99. The Balaban J connectivity index is 2.00. The van der Waals surface area contributed by atoms with Crippen molar-refractivity contribution in [1.82, 2.24) is 4.98 Å². The first-order chi connectivity index (χ1) is 9.90. The number of hydrogen-bond acceptors (Lipinski definition) is 4. The van der Waals surface area contributed by atoms with Crippen molar-refractivity contribution >= 4 is 17.5 Å². The van der Waals surface area contributed by atoms with E-state index < -0.39 is 12.1 Å². The molecule has 2 aliphatic rings. The number of nitrogens with zero attached hydrogens (tertiary/aromatic N) is 2. The van der Waals surface area contributed by atoms with Crippen LogP contribution in [0.4, 0.5) is 13.2 Å². The Morgan fingerprint density at radius 3 is 2.86 bits per heavy atom. The molecule has 2 heterocycles. The van der Waals surface area contributed by atoms with Gasteiger partial charge in [0.05, 0.1) is 23.3 Å². The second kappa shape index (κ2) is 4.95. The van der Waals surface area contributed by atoms with Crippen LogP contribution in [0, 0.1) is 17.2 Å². The summed E-state index contributed by atoms with van der Waals surface area (Å²) in [4.78, 5) is 4.38. The van der Waals surface area contributed by atoms with Crippen molar-refractivity contribution in [3.05, 3.63) is 28.5 Å². The van der Waals surface area contributed by atoms with Gasteiger partial charge < -0.3 is 5.73 Å². The highest BCUT2D eigenvalue weighted by Gasteiger charge is 2.41. The Morgan fingerprint density at radius 1 is 1.43 bits per heavy atom. The number of aromatic nitrogens is 1. The molecule has 1 aromatic heterocycles. The molecule has 0 saturated heterocycles. The van der Waals surface area contributed by atoms with Gasteiger partial charge in [0.25, 0.3) is 0 Å². The first-order valence-electron chi connectivity index (χ1n) is 6.51. The van der Waals surface area contributed by atoms with Crippen molar-refractivity contribution in [2.45, 2.75) is 30.5 Å². The lowest BCUT2D eigenvalue weighted by atomic mass is 9.85. The number of nitriles is 1. The fourth-order valence-corrected chi connectivity index (χ4v) is 3.69. The lowest BCUT2D eigenvalue weighted by Gasteiger charge is -2.27. The van der Waals surface area contributed by atoms with Crippen LogP contribution in [0.1, 0.15) is 23.2 Å². The van der Waals surface area contributed by atoms with Crippen LogP contribution in [0.15, 0.2) is 16.7 Å². The summed E-state index contributed by atoms with van der Waals surface area (Å²) in [6.07, 6.45) is -3.81. The van der Waals surface area contributed by atoms with Gasteiger partial charge in [0.2, 0.25) is 0 Å². The zero-order chi connectivity index (χ0) is 15.2. The Hall–Kier alpha value is -1.68. The molecule has 1 aliphatic carbocycles. The molecule has 7 heteroatoms. The first-order valence-corrected chi connectivity index (χ1v) is 7.50. The van der Waals surface area contributed by atoms with Crippen molar-refractivity contribution in [1.29, 1.82) is 5.26 Å². The van der Waals surface area contributed by atoms with Gasteiger partial charge in [0.1, 0.15) is 5.03 Å². The van der Waals surface area contributed by atoms with Gasteiger partial charge in [-0.05, 0) is 24.5 Å². The molecule has 0 fully saturated rings. The smallest absolute Gasteiger partial charge is 0.392 e. The lowest BCUT2D eigenvalue weighted by molar-refractivity contribution is -0.177. The maximum absolute atomic E-state index is 12.8. The van der Waals surface area contributed by atoms with Crippen LogP contribution in [-0.2, 0) is 12.8 Å². The molecule has 0 saturated carbocycles. The highest BCUT2D eigenvalue weighted by Crippen LogP contribution is 2.40. The predicted octanol–water partition coefficient (Wildman–Crippen LogP) is 3.05. The number of thioether (sulfide) groups is 1. The van der Waals surface area contributed by atoms with E-state index in [0.717, 1.165) is 5.56 Å². The average molecular weight is 311 g/mol. The molecule has 0 amide bonds. The maximum atomic E-state index is 12.8. The third-order valence-electron chi connectivity index (χ3n) is 3.92. The molecule has 1 unspecified atom stereocenters. The van der Waals surface area contributed by atoms with Gasteiger partial charge in [-0.3, -0.25) is 0 Å². The molecule has 0 spiro atoms. The standard InChI is InChI=1S/C14H12F3N3S/c15-14(16,17)9-2-1-7-3-10-12(19)8(5-18)6-21-13(10)20-11(7)4-9/h3,9H,1-2,4,6,19H2. The second-order valence-electron chi connectivity index (χ2n) is 5.22. The monoisotopic (exact) mass is 311 g/mol.